The number of thioether (sulfide) groups is 1. The summed E-state index contributed by atoms with van der Waals surface area (Å²) in [5.41, 5.74) is 5.71. The highest BCUT2D eigenvalue weighted by Gasteiger charge is 2.15. The molecule has 0 bridgehead atoms. The predicted octanol–water partition coefficient (Wildman–Crippen LogP) is 3.59. The van der Waals surface area contributed by atoms with E-state index in [-0.39, 0.29) is 11.7 Å². The van der Waals surface area contributed by atoms with E-state index in [0.717, 1.165) is 11.3 Å². The van der Waals surface area contributed by atoms with Gasteiger partial charge in [-0.2, -0.15) is 0 Å². The van der Waals surface area contributed by atoms with Crippen molar-refractivity contribution in [1.29, 1.82) is 0 Å². The molecule has 0 saturated heterocycles. The average Bonchev–Trinajstić information content (AvgIpc) is 2.69. The first-order valence-corrected chi connectivity index (χ1v) is 10.3. The number of hydrogen-bond acceptors (Lipinski definition) is 5. The van der Waals surface area contributed by atoms with Crippen LogP contribution in [0.3, 0.4) is 0 Å². The molecule has 2 aromatic rings. The van der Waals surface area contributed by atoms with Gasteiger partial charge in [-0.25, -0.2) is 0 Å². The maximum absolute atomic E-state index is 12.1. The second kappa shape index (κ2) is 11.5. The van der Waals surface area contributed by atoms with Crippen molar-refractivity contribution in [3.8, 4) is 11.5 Å². The minimum absolute atomic E-state index is 0.194. The number of ether oxygens (including phenoxy) is 2. The Kier molecular flexibility index (Phi) is 8.97. The Bertz CT molecular complexity index is 786. The predicted molar refractivity (Wildman–Crippen MR) is 112 cm³/mol. The minimum atomic E-state index is -0.769. The van der Waals surface area contributed by atoms with Gasteiger partial charge >= 0.3 is 0 Å². The summed E-state index contributed by atoms with van der Waals surface area (Å²) < 4.78 is 10.9. The molecule has 1 atom stereocenters. The topological polar surface area (TPSA) is 76.7 Å². The monoisotopic (exact) mass is 422 g/mol. The van der Waals surface area contributed by atoms with E-state index >= 15 is 0 Å². The molecule has 0 aliphatic heterocycles. The Hall–Kier alpha value is -2.38. The van der Waals surface area contributed by atoms with Crippen LogP contribution in [0, 0.1) is 0 Å². The Morgan fingerprint density at radius 2 is 1.75 bits per heavy atom. The summed E-state index contributed by atoms with van der Waals surface area (Å²) in [5, 5.41) is 0.670. The van der Waals surface area contributed by atoms with Crippen LogP contribution in [0.25, 0.3) is 0 Å². The first kappa shape index (κ1) is 21.9. The maximum atomic E-state index is 12.1. The largest absolute Gasteiger partial charge is 0.494 e. The van der Waals surface area contributed by atoms with Crippen molar-refractivity contribution in [3.63, 3.8) is 0 Å². The lowest BCUT2D eigenvalue weighted by Crippen LogP contribution is -2.47. The summed E-state index contributed by atoms with van der Waals surface area (Å²) in [6, 6.07) is 14.4. The standard InChI is InChI=1S/C20H23ClN2O4S/c1-3-26-16-8-10-17(11-9-16)27-14(2)20(25)23-22-19(24)13-28-12-15-6-4-5-7-18(15)21/h4-11,14H,3,12-13H2,1-2H3,(H,22,24)(H,23,25)/t14-/m0/s1. The van der Waals surface area contributed by atoms with E-state index in [0.29, 0.717) is 23.1 Å². The molecule has 0 radical (unpaired) electrons. The lowest BCUT2D eigenvalue weighted by atomic mass is 10.2. The number of nitrogens with one attached hydrogen (secondary N) is 2. The maximum Gasteiger partial charge on any atom is 0.279 e. The highest BCUT2D eigenvalue weighted by molar-refractivity contribution is 7.99. The summed E-state index contributed by atoms with van der Waals surface area (Å²) in [5.74, 6) is 1.32. The summed E-state index contributed by atoms with van der Waals surface area (Å²) >= 11 is 7.48. The third kappa shape index (κ3) is 7.32. The van der Waals surface area contributed by atoms with Crippen molar-refractivity contribution < 1.29 is 19.1 Å². The molecule has 0 heterocycles. The fourth-order valence-corrected chi connectivity index (χ4v) is 3.29. The molecule has 28 heavy (non-hydrogen) atoms. The van der Waals surface area contributed by atoms with Gasteiger partial charge < -0.3 is 9.47 Å². The van der Waals surface area contributed by atoms with Gasteiger partial charge in [-0.1, -0.05) is 29.8 Å². The SMILES string of the molecule is CCOc1ccc(O[C@@H](C)C(=O)NNC(=O)CSCc2ccccc2Cl)cc1. The average molecular weight is 423 g/mol. The van der Waals surface area contributed by atoms with Crippen LogP contribution in [0.5, 0.6) is 11.5 Å². The Morgan fingerprint density at radius 1 is 1.07 bits per heavy atom. The van der Waals surface area contributed by atoms with Gasteiger partial charge in [0.15, 0.2) is 6.10 Å². The van der Waals surface area contributed by atoms with Crippen molar-refractivity contribution >= 4 is 35.2 Å². The summed E-state index contributed by atoms with van der Waals surface area (Å²) in [4.78, 5) is 23.9. The lowest BCUT2D eigenvalue weighted by Gasteiger charge is -2.15. The molecule has 8 heteroatoms. The van der Waals surface area contributed by atoms with E-state index in [2.05, 4.69) is 10.9 Å². The highest BCUT2D eigenvalue weighted by Crippen LogP contribution is 2.20. The van der Waals surface area contributed by atoms with Crippen molar-refractivity contribution in [2.45, 2.75) is 25.7 Å². The molecule has 2 N–H and O–H groups in total. The zero-order chi connectivity index (χ0) is 20.4. The Balaban J connectivity index is 1.68. The summed E-state index contributed by atoms with van der Waals surface area (Å²) in [6.07, 6.45) is -0.769. The first-order chi connectivity index (χ1) is 13.5. The third-order valence-electron chi connectivity index (χ3n) is 3.59. The van der Waals surface area contributed by atoms with Crippen LogP contribution in [0.15, 0.2) is 48.5 Å². The van der Waals surface area contributed by atoms with E-state index in [9.17, 15) is 9.59 Å². The Morgan fingerprint density at radius 3 is 2.43 bits per heavy atom. The second-order valence-corrected chi connectivity index (χ2v) is 7.18. The molecule has 0 unspecified atom stereocenters. The van der Waals surface area contributed by atoms with Crippen molar-refractivity contribution in [2.75, 3.05) is 12.4 Å². The summed E-state index contributed by atoms with van der Waals surface area (Å²) in [6.45, 7) is 4.08. The van der Waals surface area contributed by atoms with Crippen LogP contribution >= 0.6 is 23.4 Å². The zero-order valence-electron chi connectivity index (χ0n) is 15.7. The number of amides is 2. The fourth-order valence-electron chi connectivity index (χ4n) is 2.18. The van der Waals surface area contributed by atoms with Gasteiger partial charge in [-0.3, -0.25) is 20.4 Å². The third-order valence-corrected chi connectivity index (χ3v) is 4.94. The zero-order valence-corrected chi connectivity index (χ0v) is 17.3. The molecule has 0 fully saturated rings. The van der Waals surface area contributed by atoms with Crippen LogP contribution in [0.2, 0.25) is 5.02 Å². The van der Waals surface area contributed by atoms with E-state index in [1.54, 1.807) is 31.2 Å². The van der Waals surface area contributed by atoms with Gasteiger partial charge in [0.2, 0.25) is 5.91 Å². The first-order valence-electron chi connectivity index (χ1n) is 8.79. The molecule has 0 aliphatic rings. The molecule has 0 spiro atoms. The number of carbonyl (C=O) groups is 2. The highest BCUT2D eigenvalue weighted by atomic mass is 35.5. The number of halogens is 1. The number of rotatable bonds is 9. The molecule has 0 aliphatic carbocycles. The molecule has 2 rings (SSSR count). The molecule has 0 aromatic heterocycles. The normalized spacial score (nSPS) is 11.4. The van der Waals surface area contributed by atoms with E-state index < -0.39 is 12.0 Å². The van der Waals surface area contributed by atoms with Gasteiger partial charge in [0.1, 0.15) is 11.5 Å². The second-order valence-electron chi connectivity index (χ2n) is 5.79. The van der Waals surface area contributed by atoms with E-state index in [4.69, 9.17) is 21.1 Å². The summed E-state index contributed by atoms with van der Waals surface area (Å²) in [7, 11) is 0. The quantitative estimate of drug-likeness (QED) is 0.604. The molecule has 0 saturated carbocycles. The number of hydrogen-bond donors (Lipinski definition) is 2. The van der Waals surface area contributed by atoms with Crippen LogP contribution in [-0.2, 0) is 15.3 Å². The fraction of sp³-hybridized carbons (Fsp3) is 0.300. The lowest BCUT2D eigenvalue weighted by molar-refractivity contribution is -0.131. The van der Waals surface area contributed by atoms with Crippen molar-refractivity contribution in [3.05, 3.63) is 59.1 Å². The van der Waals surface area contributed by atoms with Crippen molar-refractivity contribution in [2.24, 2.45) is 0 Å². The number of hydrazine groups is 1. The van der Waals surface area contributed by atoms with E-state index in [1.807, 2.05) is 31.2 Å². The molecule has 2 amide bonds. The molecular weight excluding hydrogens is 400 g/mol. The van der Waals surface area contributed by atoms with Gasteiger partial charge in [0, 0.05) is 10.8 Å². The van der Waals surface area contributed by atoms with Gasteiger partial charge in [-0.15, -0.1) is 11.8 Å². The van der Waals surface area contributed by atoms with Crippen LogP contribution in [-0.4, -0.2) is 30.3 Å². The molecular formula is C20H23ClN2O4S. The molecule has 6 nitrogen and oxygen atoms in total. The smallest absolute Gasteiger partial charge is 0.279 e. The van der Waals surface area contributed by atoms with Gasteiger partial charge in [0.05, 0.1) is 12.4 Å². The Labute approximate surface area is 173 Å². The van der Waals surface area contributed by atoms with Crippen LogP contribution < -0.4 is 20.3 Å². The van der Waals surface area contributed by atoms with Crippen LogP contribution in [0.1, 0.15) is 19.4 Å². The van der Waals surface area contributed by atoms with Crippen molar-refractivity contribution in [1.82, 2.24) is 10.9 Å². The molecule has 150 valence electrons. The van der Waals surface area contributed by atoms with Gasteiger partial charge in [0.25, 0.3) is 5.91 Å². The minimum Gasteiger partial charge on any atom is -0.494 e. The molecule has 2 aromatic carbocycles. The van der Waals surface area contributed by atoms with Crippen LogP contribution in [0.4, 0.5) is 0 Å². The number of carbonyl (C=O) groups excluding carboxylic acids is 2. The van der Waals surface area contributed by atoms with E-state index in [1.165, 1.54) is 11.8 Å². The number of benzene rings is 2. The van der Waals surface area contributed by atoms with Gasteiger partial charge in [-0.05, 0) is 49.7 Å².